The van der Waals surface area contributed by atoms with Crippen LogP contribution in [0.15, 0.2) is 76.2 Å². The number of thiophene rings is 1. The van der Waals surface area contributed by atoms with E-state index in [9.17, 15) is 9.59 Å². The predicted octanol–water partition coefficient (Wildman–Crippen LogP) is 3.28. The van der Waals surface area contributed by atoms with Crippen LogP contribution in [0.5, 0.6) is 5.75 Å². The van der Waals surface area contributed by atoms with Gasteiger partial charge in [-0.2, -0.15) is 5.10 Å². The average Bonchev–Trinajstić information content (AvgIpc) is 3.21. The highest BCUT2D eigenvalue weighted by Gasteiger charge is 2.14. The fraction of sp³-hybridized carbons (Fsp3) is 0.0909. The standard InChI is InChI=1S/C22H18N4O3S/c1-29-17-9-5-6-15(10-17)11-24-25-19(27)12-26-14-23-21-20(22(26)28)18(13-30-21)16-7-3-2-4-8-16/h2-11,13-14H,12H2,1H3,(H,25,27)/b24-11-. The summed E-state index contributed by atoms with van der Waals surface area (Å²) in [5.74, 6) is 0.273. The number of benzene rings is 2. The SMILES string of the molecule is COc1cccc(/C=N\NC(=O)Cn2cnc3scc(-c4ccccc4)c3c2=O)c1. The van der Waals surface area contributed by atoms with Gasteiger partial charge in [-0.05, 0) is 23.3 Å². The van der Waals surface area contributed by atoms with E-state index >= 15 is 0 Å². The fourth-order valence-corrected chi connectivity index (χ4v) is 3.91. The van der Waals surface area contributed by atoms with Crippen LogP contribution in [0.4, 0.5) is 0 Å². The van der Waals surface area contributed by atoms with Crippen molar-refractivity contribution in [3.63, 3.8) is 0 Å². The molecule has 0 unspecified atom stereocenters. The quantitative estimate of drug-likeness (QED) is 0.385. The van der Waals surface area contributed by atoms with Gasteiger partial charge in [-0.3, -0.25) is 14.2 Å². The summed E-state index contributed by atoms with van der Waals surface area (Å²) in [4.78, 5) is 30.2. The first-order chi connectivity index (χ1) is 14.7. The summed E-state index contributed by atoms with van der Waals surface area (Å²) in [6, 6.07) is 16.9. The molecule has 30 heavy (non-hydrogen) atoms. The maximum Gasteiger partial charge on any atom is 0.263 e. The monoisotopic (exact) mass is 418 g/mol. The third-order valence-electron chi connectivity index (χ3n) is 4.46. The van der Waals surface area contributed by atoms with Crippen molar-refractivity contribution in [1.29, 1.82) is 0 Å². The normalized spacial score (nSPS) is 11.1. The first-order valence-corrected chi connectivity index (χ1v) is 10.0. The molecule has 1 N–H and O–H groups in total. The topological polar surface area (TPSA) is 85.6 Å². The third-order valence-corrected chi connectivity index (χ3v) is 5.34. The van der Waals surface area contributed by atoms with Gasteiger partial charge in [0.1, 0.15) is 17.1 Å². The Morgan fingerprint density at radius 2 is 2.07 bits per heavy atom. The first kappa shape index (κ1) is 19.5. The van der Waals surface area contributed by atoms with E-state index in [2.05, 4.69) is 15.5 Å². The Morgan fingerprint density at radius 1 is 1.23 bits per heavy atom. The van der Waals surface area contributed by atoms with E-state index in [1.807, 2.05) is 53.9 Å². The van der Waals surface area contributed by atoms with E-state index in [0.29, 0.717) is 16.0 Å². The molecule has 0 aliphatic heterocycles. The van der Waals surface area contributed by atoms with Crippen LogP contribution in [-0.4, -0.2) is 28.8 Å². The number of amides is 1. The average molecular weight is 418 g/mol. The van der Waals surface area contributed by atoms with Gasteiger partial charge in [-0.1, -0.05) is 42.5 Å². The molecule has 0 saturated carbocycles. The number of hydrogen-bond acceptors (Lipinski definition) is 6. The number of rotatable bonds is 6. The molecule has 2 aromatic heterocycles. The second-order valence-electron chi connectivity index (χ2n) is 6.44. The van der Waals surface area contributed by atoms with Crippen LogP contribution in [-0.2, 0) is 11.3 Å². The van der Waals surface area contributed by atoms with Gasteiger partial charge in [-0.25, -0.2) is 10.4 Å². The van der Waals surface area contributed by atoms with Crippen molar-refractivity contribution in [1.82, 2.24) is 15.0 Å². The van der Waals surface area contributed by atoms with Gasteiger partial charge >= 0.3 is 0 Å². The van der Waals surface area contributed by atoms with Crippen molar-refractivity contribution in [3.05, 3.63) is 82.2 Å². The summed E-state index contributed by atoms with van der Waals surface area (Å²) in [7, 11) is 1.58. The van der Waals surface area contributed by atoms with Crippen LogP contribution in [0.3, 0.4) is 0 Å². The minimum atomic E-state index is -0.422. The summed E-state index contributed by atoms with van der Waals surface area (Å²) in [5.41, 5.74) is 4.71. The predicted molar refractivity (Wildman–Crippen MR) is 118 cm³/mol. The zero-order valence-electron chi connectivity index (χ0n) is 16.1. The van der Waals surface area contributed by atoms with Crippen molar-refractivity contribution < 1.29 is 9.53 Å². The van der Waals surface area contributed by atoms with Gasteiger partial charge in [-0.15, -0.1) is 11.3 Å². The molecule has 8 heteroatoms. The molecule has 1 amide bonds. The van der Waals surface area contributed by atoms with E-state index in [0.717, 1.165) is 16.7 Å². The number of hydrazone groups is 1. The summed E-state index contributed by atoms with van der Waals surface area (Å²) in [6.07, 6.45) is 2.90. The summed E-state index contributed by atoms with van der Waals surface area (Å²) >= 11 is 1.41. The third kappa shape index (κ3) is 4.13. The smallest absolute Gasteiger partial charge is 0.263 e. The molecule has 0 bridgehead atoms. The number of fused-ring (bicyclic) bond motifs is 1. The molecule has 2 aromatic carbocycles. The number of carbonyl (C=O) groups is 1. The Kier molecular flexibility index (Phi) is 5.67. The van der Waals surface area contributed by atoms with Crippen molar-refractivity contribution in [2.24, 2.45) is 5.10 Å². The molecule has 0 fully saturated rings. The van der Waals surface area contributed by atoms with Gasteiger partial charge in [0, 0.05) is 10.9 Å². The molecule has 150 valence electrons. The van der Waals surface area contributed by atoms with Gasteiger partial charge in [0.2, 0.25) is 0 Å². The first-order valence-electron chi connectivity index (χ1n) is 9.14. The van der Waals surface area contributed by atoms with Crippen LogP contribution in [0.25, 0.3) is 21.3 Å². The molecule has 7 nitrogen and oxygen atoms in total. The van der Waals surface area contributed by atoms with Crippen LogP contribution in [0, 0.1) is 0 Å². The van der Waals surface area contributed by atoms with E-state index in [-0.39, 0.29) is 12.1 Å². The Bertz CT molecular complexity index is 1280. The number of nitrogens with zero attached hydrogens (tertiary/aromatic N) is 3. The highest BCUT2D eigenvalue weighted by molar-refractivity contribution is 7.17. The van der Waals surface area contributed by atoms with Gasteiger partial charge < -0.3 is 4.74 Å². The van der Waals surface area contributed by atoms with Crippen molar-refractivity contribution in [3.8, 4) is 16.9 Å². The number of carbonyl (C=O) groups excluding carboxylic acids is 1. The number of hydrogen-bond donors (Lipinski definition) is 1. The second kappa shape index (κ2) is 8.71. The van der Waals surface area contributed by atoms with E-state index in [4.69, 9.17) is 4.74 Å². The van der Waals surface area contributed by atoms with Crippen molar-refractivity contribution >= 4 is 33.7 Å². The van der Waals surface area contributed by atoms with E-state index < -0.39 is 5.91 Å². The molecular formula is C22H18N4O3S. The molecular weight excluding hydrogens is 400 g/mol. The molecule has 0 aliphatic carbocycles. The van der Waals surface area contributed by atoms with Crippen LogP contribution < -0.4 is 15.7 Å². The lowest BCUT2D eigenvalue weighted by Gasteiger charge is -2.05. The summed E-state index contributed by atoms with van der Waals surface area (Å²) in [6.45, 7) is -0.179. The minimum absolute atomic E-state index is 0.179. The molecule has 4 aromatic rings. The largest absolute Gasteiger partial charge is 0.497 e. The van der Waals surface area contributed by atoms with Gasteiger partial charge in [0.05, 0.1) is 25.0 Å². The Hall–Kier alpha value is -3.78. The highest BCUT2D eigenvalue weighted by Crippen LogP contribution is 2.30. The Labute approximate surface area is 176 Å². The van der Waals surface area contributed by atoms with E-state index in [1.54, 1.807) is 13.2 Å². The van der Waals surface area contributed by atoms with Gasteiger partial charge in [0.25, 0.3) is 11.5 Å². The molecule has 0 radical (unpaired) electrons. The Balaban J connectivity index is 1.52. The highest BCUT2D eigenvalue weighted by atomic mass is 32.1. The van der Waals surface area contributed by atoms with Crippen LogP contribution >= 0.6 is 11.3 Å². The lowest BCUT2D eigenvalue weighted by molar-refractivity contribution is -0.121. The molecule has 0 atom stereocenters. The molecule has 2 heterocycles. The summed E-state index contributed by atoms with van der Waals surface area (Å²) in [5, 5.41) is 6.38. The number of ether oxygens (including phenoxy) is 1. The lowest BCUT2D eigenvalue weighted by atomic mass is 10.1. The number of nitrogens with one attached hydrogen (secondary N) is 1. The summed E-state index contributed by atoms with van der Waals surface area (Å²) < 4.78 is 6.44. The van der Waals surface area contributed by atoms with Crippen molar-refractivity contribution in [2.45, 2.75) is 6.54 Å². The molecule has 0 saturated heterocycles. The Morgan fingerprint density at radius 3 is 2.87 bits per heavy atom. The van der Waals surface area contributed by atoms with Crippen LogP contribution in [0.2, 0.25) is 0 Å². The number of aromatic nitrogens is 2. The zero-order chi connectivity index (χ0) is 20.9. The van der Waals surface area contributed by atoms with Crippen molar-refractivity contribution in [2.75, 3.05) is 7.11 Å². The minimum Gasteiger partial charge on any atom is -0.497 e. The van der Waals surface area contributed by atoms with Crippen LogP contribution in [0.1, 0.15) is 5.56 Å². The van der Waals surface area contributed by atoms with E-state index in [1.165, 1.54) is 28.4 Å². The molecule has 0 aliphatic rings. The number of methoxy groups -OCH3 is 1. The zero-order valence-corrected chi connectivity index (χ0v) is 16.9. The molecule has 0 spiro atoms. The van der Waals surface area contributed by atoms with Gasteiger partial charge in [0.15, 0.2) is 0 Å². The second-order valence-corrected chi connectivity index (χ2v) is 7.30. The lowest BCUT2D eigenvalue weighted by Crippen LogP contribution is -2.30. The maximum atomic E-state index is 13.0. The fourth-order valence-electron chi connectivity index (χ4n) is 3.00. The maximum absolute atomic E-state index is 13.0. The molecule has 4 rings (SSSR count).